The van der Waals surface area contributed by atoms with Gasteiger partial charge in [0.1, 0.15) is 5.76 Å². The van der Waals surface area contributed by atoms with Gasteiger partial charge >= 0.3 is 0 Å². The maximum absolute atomic E-state index is 12.8. The molecule has 9 heteroatoms. The number of rotatable bonds is 6. The topological polar surface area (TPSA) is 92.5 Å². The second-order valence-electron chi connectivity index (χ2n) is 7.27. The van der Waals surface area contributed by atoms with Crippen LogP contribution in [0.5, 0.6) is 0 Å². The van der Waals surface area contributed by atoms with Crippen molar-refractivity contribution in [3.8, 4) is 0 Å². The predicted octanol–water partition coefficient (Wildman–Crippen LogP) is 4.58. The number of aromatic nitrogens is 1. The van der Waals surface area contributed by atoms with E-state index in [2.05, 4.69) is 16.4 Å². The first-order valence-corrected chi connectivity index (χ1v) is 11.8. The molecule has 0 bridgehead atoms. The van der Waals surface area contributed by atoms with Gasteiger partial charge in [0.05, 0.1) is 27.9 Å². The van der Waals surface area contributed by atoms with Crippen molar-refractivity contribution in [3.63, 3.8) is 0 Å². The van der Waals surface area contributed by atoms with Crippen LogP contribution in [0.3, 0.4) is 0 Å². The van der Waals surface area contributed by atoms with Gasteiger partial charge in [0.25, 0.3) is 5.91 Å². The van der Waals surface area contributed by atoms with E-state index >= 15 is 0 Å². The van der Waals surface area contributed by atoms with E-state index in [1.165, 1.54) is 53.2 Å². The highest BCUT2D eigenvalue weighted by Crippen LogP contribution is 2.30. The Balaban J connectivity index is 1.50. The molecule has 1 N–H and O–H groups in total. The van der Waals surface area contributed by atoms with Gasteiger partial charge in [-0.1, -0.05) is 17.4 Å². The molecule has 0 radical (unpaired) electrons. The van der Waals surface area contributed by atoms with Gasteiger partial charge in [-0.15, -0.1) is 0 Å². The lowest BCUT2D eigenvalue weighted by Crippen LogP contribution is -2.26. The summed E-state index contributed by atoms with van der Waals surface area (Å²) in [6.07, 6.45) is 1.50. The molecule has 0 spiro atoms. The van der Waals surface area contributed by atoms with E-state index < -0.39 is 10.0 Å². The second kappa shape index (κ2) is 8.26. The summed E-state index contributed by atoms with van der Waals surface area (Å²) in [4.78, 5) is 17.2. The van der Waals surface area contributed by atoms with Crippen LogP contribution in [0, 0.1) is 13.8 Å². The van der Waals surface area contributed by atoms with E-state index in [4.69, 9.17) is 4.42 Å². The number of benzene rings is 2. The molecule has 2 aromatic carbocycles. The van der Waals surface area contributed by atoms with E-state index in [0.717, 1.165) is 21.3 Å². The third-order valence-corrected chi connectivity index (χ3v) is 7.76. The van der Waals surface area contributed by atoms with Crippen molar-refractivity contribution in [2.45, 2.75) is 25.3 Å². The summed E-state index contributed by atoms with van der Waals surface area (Å²) >= 11 is 1.41. The number of hydrogen-bond donors (Lipinski definition) is 1. The van der Waals surface area contributed by atoms with E-state index in [-0.39, 0.29) is 17.3 Å². The number of fused-ring (bicyclic) bond motifs is 1. The molecule has 0 fully saturated rings. The van der Waals surface area contributed by atoms with Gasteiger partial charge < -0.3 is 4.42 Å². The zero-order valence-corrected chi connectivity index (χ0v) is 18.9. The number of carbonyl (C=O) groups excluding carboxylic acids is 1. The highest BCUT2D eigenvalue weighted by molar-refractivity contribution is 7.89. The van der Waals surface area contributed by atoms with Crippen molar-refractivity contribution in [2.24, 2.45) is 0 Å². The Bertz CT molecular complexity index is 1340. The van der Waals surface area contributed by atoms with Crippen molar-refractivity contribution >= 4 is 42.6 Å². The molecule has 2 heterocycles. The molecule has 4 rings (SSSR count). The minimum atomic E-state index is -3.71. The quantitative estimate of drug-likeness (QED) is 0.459. The van der Waals surface area contributed by atoms with Crippen LogP contribution in [0.1, 0.15) is 27.2 Å². The maximum atomic E-state index is 12.8. The molecule has 0 saturated carbocycles. The van der Waals surface area contributed by atoms with Crippen molar-refractivity contribution < 1.29 is 17.6 Å². The Morgan fingerprint density at radius 2 is 1.90 bits per heavy atom. The van der Waals surface area contributed by atoms with Crippen LogP contribution < -0.4 is 5.32 Å². The highest BCUT2D eigenvalue weighted by atomic mass is 32.2. The van der Waals surface area contributed by atoms with Crippen LogP contribution in [-0.2, 0) is 16.6 Å². The first kappa shape index (κ1) is 21.2. The normalized spacial score (nSPS) is 11.9. The molecule has 2 aromatic heterocycles. The number of anilines is 1. The summed E-state index contributed by atoms with van der Waals surface area (Å²) in [6, 6.07) is 13.3. The average molecular weight is 456 g/mol. The van der Waals surface area contributed by atoms with Gasteiger partial charge in [-0.3, -0.25) is 10.1 Å². The molecule has 0 aliphatic rings. The van der Waals surface area contributed by atoms with Gasteiger partial charge in [0, 0.05) is 12.6 Å². The van der Waals surface area contributed by atoms with Crippen molar-refractivity contribution in [3.05, 3.63) is 77.2 Å². The molecule has 7 nitrogen and oxygen atoms in total. The van der Waals surface area contributed by atoms with E-state index in [0.29, 0.717) is 16.5 Å². The van der Waals surface area contributed by atoms with Crippen molar-refractivity contribution in [1.82, 2.24) is 9.29 Å². The minimum Gasteiger partial charge on any atom is -0.468 e. The van der Waals surface area contributed by atoms with Crippen LogP contribution in [0.15, 0.2) is 64.1 Å². The number of hydrogen-bond acceptors (Lipinski definition) is 6. The fraction of sp³-hybridized carbons (Fsp3) is 0.182. The SMILES string of the molecule is Cc1cc(C)c2sc(NC(=O)c3ccc(S(=O)(=O)N(C)Cc4ccco4)cc3)nc2c1. The van der Waals surface area contributed by atoms with Gasteiger partial charge in [-0.2, -0.15) is 4.31 Å². The molecular formula is C22H21N3O4S2. The van der Waals surface area contributed by atoms with E-state index in [1.807, 2.05) is 19.9 Å². The number of nitrogens with one attached hydrogen (secondary N) is 1. The Labute approximate surface area is 184 Å². The number of aryl methyl sites for hydroxylation is 2. The molecule has 1 amide bonds. The molecule has 160 valence electrons. The third-order valence-electron chi connectivity index (χ3n) is 4.82. The summed E-state index contributed by atoms with van der Waals surface area (Å²) in [5.74, 6) is 0.199. The van der Waals surface area contributed by atoms with E-state index in [9.17, 15) is 13.2 Å². The van der Waals surface area contributed by atoms with Crippen LogP contribution in [0.4, 0.5) is 5.13 Å². The number of nitrogens with zero attached hydrogens (tertiary/aromatic N) is 2. The Morgan fingerprint density at radius 3 is 2.58 bits per heavy atom. The second-order valence-corrected chi connectivity index (χ2v) is 10.3. The van der Waals surface area contributed by atoms with Crippen LogP contribution in [0.25, 0.3) is 10.2 Å². The number of sulfonamides is 1. The van der Waals surface area contributed by atoms with Gasteiger partial charge in [0.2, 0.25) is 10.0 Å². The Morgan fingerprint density at radius 1 is 1.16 bits per heavy atom. The Kier molecular flexibility index (Phi) is 5.65. The Hall–Kier alpha value is -3.01. The maximum Gasteiger partial charge on any atom is 0.257 e. The minimum absolute atomic E-state index is 0.101. The molecule has 0 aliphatic carbocycles. The molecule has 0 atom stereocenters. The lowest BCUT2D eigenvalue weighted by Gasteiger charge is -2.16. The lowest BCUT2D eigenvalue weighted by atomic mass is 10.1. The number of amides is 1. The largest absolute Gasteiger partial charge is 0.468 e. The van der Waals surface area contributed by atoms with Crippen molar-refractivity contribution in [1.29, 1.82) is 0 Å². The number of furan rings is 1. The fourth-order valence-corrected chi connectivity index (χ4v) is 5.31. The smallest absolute Gasteiger partial charge is 0.257 e. The van der Waals surface area contributed by atoms with Crippen LogP contribution >= 0.6 is 11.3 Å². The molecule has 0 aliphatic heterocycles. The van der Waals surface area contributed by atoms with Crippen LogP contribution in [-0.4, -0.2) is 30.7 Å². The molecule has 0 saturated heterocycles. The van der Waals surface area contributed by atoms with Gasteiger partial charge in [-0.25, -0.2) is 13.4 Å². The van der Waals surface area contributed by atoms with Gasteiger partial charge in [-0.05, 0) is 67.4 Å². The van der Waals surface area contributed by atoms with Crippen molar-refractivity contribution in [2.75, 3.05) is 12.4 Å². The zero-order valence-electron chi connectivity index (χ0n) is 17.2. The molecule has 0 unspecified atom stereocenters. The summed E-state index contributed by atoms with van der Waals surface area (Å²) in [5.41, 5.74) is 3.42. The summed E-state index contributed by atoms with van der Waals surface area (Å²) in [5, 5.41) is 3.30. The lowest BCUT2D eigenvalue weighted by molar-refractivity contribution is 0.102. The molecular weight excluding hydrogens is 434 g/mol. The van der Waals surface area contributed by atoms with Crippen LogP contribution in [0.2, 0.25) is 0 Å². The third kappa shape index (κ3) is 4.39. The summed E-state index contributed by atoms with van der Waals surface area (Å²) < 4.78 is 33.0. The first-order valence-electron chi connectivity index (χ1n) is 9.52. The zero-order chi connectivity index (χ0) is 22.2. The summed E-state index contributed by atoms with van der Waals surface area (Å²) in [6.45, 7) is 4.14. The first-order chi connectivity index (χ1) is 14.7. The molecule has 31 heavy (non-hydrogen) atoms. The highest BCUT2D eigenvalue weighted by Gasteiger charge is 2.22. The monoisotopic (exact) mass is 455 g/mol. The fourth-order valence-electron chi connectivity index (χ4n) is 3.26. The number of thiazole rings is 1. The summed E-state index contributed by atoms with van der Waals surface area (Å²) in [7, 11) is -2.23. The molecule has 4 aromatic rings. The standard InChI is InChI=1S/C22H21N3O4S2/c1-14-11-15(2)20-19(12-14)23-22(30-20)24-21(26)16-6-8-18(9-7-16)31(27,28)25(3)13-17-5-4-10-29-17/h4-12H,13H2,1-3H3,(H,23,24,26). The van der Waals surface area contributed by atoms with Gasteiger partial charge in [0.15, 0.2) is 5.13 Å². The average Bonchev–Trinajstić information content (AvgIpc) is 3.37. The van der Waals surface area contributed by atoms with E-state index in [1.54, 1.807) is 12.1 Å². The number of carbonyl (C=O) groups is 1. The predicted molar refractivity (Wildman–Crippen MR) is 121 cm³/mol.